The first-order valence-corrected chi connectivity index (χ1v) is 14.9. The molecule has 0 saturated heterocycles. The van der Waals surface area contributed by atoms with Crippen molar-refractivity contribution in [3.8, 4) is 4.97 Å². The van der Waals surface area contributed by atoms with Crippen molar-refractivity contribution in [2.24, 2.45) is 34.5 Å². The van der Waals surface area contributed by atoms with Gasteiger partial charge < -0.3 is 10.2 Å². The van der Waals surface area contributed by atoms with Crippen LogP contribution in [0.25, 0.3) is 0 Å². The molecule has 4 nitrogen and oxygen atoms in total. The van der Waals surface area contributed by atoms with Gasteiger partial charge >= 0.3 is 158 Å². The number of aliphatic hydroxyl groups excluding tert-OH is 2. The Morgan fingerprint density at radius 2 is 2.03 bits per heavy atom. The topological polar surface area (TPSA) is 73.5 Å². The van der Waals surface area contributed by atoms with Crippen molar-refractivity contribution in [3.05, 3.63) is 34.6 Å². The predicted octanol–water partition coefficient (Wildman–Crippen LogP) is 5.12. The molecule has 0 aromatic heterocycles. The fourth-order valence-corrected chi connectivity index (χ4v) is 9.38. The fraction of sp³-hybridized carbons (Fsp3) is 0.750. The molecule has 3 saturated carbocycles. The van der Waals surface area contributed by atoms with Crippen LogP contribution in [0.5, 0.6) is 0 Å². The van der Waals surface area contributed by atoms with Crippen LogP contribution < -0.4 is 0 Å². The Morgan fingerprint density at radius 1 is 1.24 bits per heavy atom. The predicted molar refractivity (Wildman–Crippen MR) is 130 cm³/mol. The summed E-state index contributed by atoms with van der Waals surface area (Å²) in [6.45, 7) is 9.32. The second-order valence-corrected chi connectivity index (χ2v) is 13.6. The van der Waals surface area contributed by atoms with Gasteiger partial charge in [0.1, 0.15) is 0 Å². The molecule has 5 heteroatoms. The van der Waals surface area contributed by atoms with Crippen molar-refractivity contribution >= 4 is 15.0 Å². The third kappa shape index (κ3) is 3.59. The molecule has 3 fully saturated rings. The van der Waals surface area contributed by atoms with Gasteiger partial charge in [-0.1, -0.05) is 12.5 Å². The molecule has 0 aromatic carbocycles. The Labute approximate surface area is 205 Å². The number of rotatable bonds is 5. The Hall–Kier alpha value is -1.05. The number of hydrogen-bond acceptors (Lipinski definition) is 4. The van der Waals surface area contributed by atoms with Crippen LogP contribution in [0.15, 0.2) is 34.6 Å². The van der Waals surface area contributed by atoms with E-state index in [2.05, 4.69) is 44.8 Å². The maximum atomic E-state index is 11.1. The second-order valence-electron chi connectivity index (χ2n) is 11.9. The number of nitrogens with zero attached hydrogens (tertiary/aromatic N) is 1. The average Bonchev–Trinajstić information content (AvgIpc) is 3.25. The quantitative estimate of drug-likeness (QED) is 0.498. The molecule has 0 unspecified atom stereocenters. The van der Waals surface area contributed by atoms with E-state index in [1.54, 1.807) is 0 Å². The summed E-state index contributed by atoms with van der Waals surface area (Å²) in [5, 5.41) is 31.3. The normalized spacial score (nSPS) is 44.5. The van der Waals surface area contributed by atoms with E-state index in [1.165, 1.54) is 28.9 Å². The summed E-state index contributed by atoms with van der Waals surface area (Å²) in [7, 11) is 0. The van der Waals surface area contributed by atoms with Gasteiger partial charge in [-0.05, 0) is 6.42 Å². The van der Waals surface area contributed by atoms with Crippen molar-refractivity contribution in [1.29, 1.82) is 5.26 Å². The molecule has 180 valence electrons. The van der Waals surface area contributed by atoms with Crippen LogP contribution >= 0.6 is 0 Å². The van der Waals surface area contributed by atoms with Crippen LogP contribution in [0, 0.1) is 44.7 Å². The van der Waals surface area contributed by atoms with E-state index in [9.17, 15) is 10.2 Å². The molecule has 1 aliphatic heterocycles. The first kappa shape index (κ1) is 23.7. The molecule has 0 spiro atoms. The van der Waals surface area contributed by atoms with E-state index in [4.69, 9.17) is 10.00 Å². The number of ether oxygens (including phenoxy) is 1. The van der Waals surface area contributed by atoms with Crippen molar-refractivity contribution in [2.45, 2.75) is 96.3 Å². The van der Waals surface area contributed by atoms with Gasteiger partial charge in [0.2, 0.25) is 0 Å². The van der Waals surface area contributed by atoms with Gasteiger partial charge in [-0.2, -0.15) is 0 Å². The summed E-state index contributed by atoms with van der Waals surface area (Å²) in [6.07, 6.45) is 10.6. The molecule has 33 heavy (non-hydrogen) atoms. The number of allylic oxidation sites excluding steroid dienone is 4. The Balaban J connectivity index is 1.38. The fourth-order valence-electron chi connectivity index (χ4n) is 8.28. The van der Waals surface area contributed by atoms with E-state index in [-0.39, 0.29) is 31.9 Å². The number of nitriles is 1. The molecule has 0 bridgehead atoms. The van der Waals surface area contributed by atoms with Gasteiger partial charge in [-0.15, -0.1) is 0 Å². The summed E-state index contributed by atoms with van der Waals surface area (Å²) in [6, 6.07) is 0. The van der Waals surface area contributed by atoms with Crippen LogP contribution in [0.4, 0.5) is 0 Å². The standard InChI is InChI=1S/C28H39NO3Se/c1-16(14-33-15-29)5-8-23-17(2)26-24(32-23)13-22-20-7-6-18-11-19(30)12-25(31)28(18,4)21(20)9-10-27(22,26)3/h6-7,16,19,21-22,24-26,30-31H,5,8-14H2,1-4H3/t16-,19-,21+,22+,24+,25+,26+,27+,28+/m1/s1. The molecule has 0 radical (unpaired) electrons. The van der Waals surface area contributed by atoms with E-state index >= 15 is 0 Å². The molecule has 0 aromatic rings. The number of fused-ring (bicyclic) bond motifs is 7. The summed E-state index contributed by atoms with van der Waals surface area (Å²) in [4.78, 5) is 2.33. The van der Waals surface area contributed by atoms with Crippen molar-refractivity contribution in [3.63, 3.8) is 0 Å². The van der Waals surface area contributed by atoms with Crippen molar-refractivity contribution in [2.75, 3.05) is 0 Å². The van der Waals surface area contributed by atoms with Crippen LogP contribution in [0.1, 0.15) is 72.6 Å². The summed E-state index contributed by atoms with van der Waals surface area (Å²) >= 11 is 0.109. The zero-order valence-electron chi connectivity index (χ0n) is 20.5. The van der Waals surface area contributed by atoms with Crippen molar-refractivity contribution in [1.82, 2.24) is 0 Å². The van der Waals surface area contributed by atoms with Gasteiger partial charge in [0.05, 0.1) is 12.2 Å². The summed E-state index contributed by atoms with van der Waals surface area (Å²) in [5.74, 6) is 3.19. The minimum absolute atomic E-state index is 0.109. The molecular weight excluding hydrogens is 477 g/mol. The minimum atomic E-state index is -0.472. The van der Waals surface area contributed by atoms with Crippen LogP contribution in [0.3, 0.4) is 0 Å². The second kappa shape index (κ2) is 8.56. The molecule has 2 N–H and O–H groups in total. The van der Waals surface area contributed by atoms with Crippen molar-refractivity contribution < 1.29 is 14.9 Å². The van der Waals surface area contributed by atoms with Crippen LogP contribution in [0.2, 0.25) is 5.32 Å². The molecule has 4 aliphatic carbocycles. The summed E-state index contributed by atoms with van der Waals surface area (Å²) in [5.41, 5.74) is 4.23. The van der Waals surface area contributed by atoms with E-state index in [0.717, 1.165) is 31.0 Å². The van der Waals surface area contributed by atoms with Crippen LogP contribution in [-0.2, 0) is 4.74 Å². The van der Waals surface area contributed by atoms with E-state index in [0.29, 0.717) is 36.5 Å². The first-order chi connectivity index (χ1) is 15.7. The van der Waals surface area contributed by atoms with Gasteiger partial charge in [-0.25, -0.2) is 0 Å². The zero-order chi connectivity index (χ0) is 23.5. The molecule has 5 aliphatic rings. The van der Waals surface area contributed by atoms with E-state index < -0.39 is 12.2 Å². The average molecular weight is 517 g/mol. The maximum absolute atomic E-state index is 11.1. The summed E-state index contributed by atoms with van der Waals surface area (Å²) < 4.78 is 6.65. The molecular formula is C28H39NO3Se. The third-order valence-corrected chi connectivity index (χ3v) is 12.0. The number of hydrogen-bond donors (Lipinski definition) is 2. The molecule has 5 rings (SSSR count). The number of aliphatic hydroxyl groups is 2. The van der Waals surface area contributed by atoms with Gasteiger partial charge in [0, 0.05) is 6.42 Å². The Kier molecular flexibility index (Phi) is 6.14. The third-order valence-electron chi connectivity index (χ3n) is 10.2. The first-order valence-electron chi connectivity index (χ1n) is 12.8. The van der Waals surface area contributed by atoms with Gasteiger partial charge in [-0.3, -0.25) is 0 Å². The molecule has 9 atom stereocenters. The SMILES string of the molecule is CC1=C(CC[C@@H](C)C[Se]C#N)O[C@H]2C[C@H]3C4=CC=C5C[C@@H](O)C[C@H](O)[C@]5(C)[C@H]4CC[C@]3(C)[C@@H]12. The van der Waals surface area contributed by atoms with Gasteiger partial charge in [0.15, 0.2) is 0 Å². The van der Waals surface area contributed by atoms with Crippen LogP contribution in [-0.4, -0.2) is 43.5 Å². The Morgan fingerprint density at radius 3 is 2.79 bits per heavy atom. The van der Waals surface area contributed by atoms with Gasteiger partial charge in [0.25, 0.3) is 0 Å². The monoisotopic (exact) mass is 517 g/mol. The zero-order valence-corrected chi connectivity index (χ0v) is 22.2. The molecule has 1 heterocycles. The Bertz CT molecular complexity index is 947. The van der Waals surface area contributed by atoms with E-state index in [1.807, 2.05) is 0 Å². The molecule has 0 amide bonds.